The zero-order chi connectivity index (χ0) is 15.0. The molecule has 0 aromatic heterocycles. The van der Waals surface area contributed by atoms with Crippen LogP contribution in [0.2, 0.25) is 0 Å². The molecule has 0 unspecified atom stereocenters. The first kappa shape index (κ1) is 14.2. The van der Waals surface area contributed by atoms with E-state index in [1.54, 1.807) is 6.08 Å². The molecule has 1 heterocycles. The smallest absolute Gasteiger partial charge is 0.267 e. The number of rotatable bonds is 4. The molecule has 0 radical (unpaired) electrons. The minimum Gasteiger partial charge on any atom is -0.288 e. The summed E-state index contributed by atoms with van der Waals surface area (Å²) in [6, 6.07) is 5.58. The number of benzene rings is 1. The van der Waals surface area contributed by atoms with Crippen molar-refractivity contribution in [3.8, 4) is 0 Å². The summed E-state index contributed by atoms with van der Waals surface area (Å²) < 4.78 is 26.0. The van der Waals surface area contributed by atoms with Crippen LogP contribution in [0.25, 0.3) is 6.08 Å². The Labute approximate surface area is 123 Å². The van der Waals surface area contributed by atoms with Gasteiger partial charge in [0.2, 0.25) is 10.0 Å². The number of amides is 1. The maximum absolute atomic E-state index is 12.2. The van der Waals surface area contributed by atoms with Crippen molar-refractivity contribution in [2.24, 2.45) is 0 Å². The van der Waals surface area contributed by atoms with Gasteiger partial charge in [-0.3, -0.25) is 10.0 Å². The van der Waals surface area contributed by atoms with E-state index < -0.39 is 15.9 Å². The molecule has 1 aliphatic carbocycles. The molecule has 1 fully saturated rings. The molecule has 0 saturated heterocycles. The van der Waals surface area contributed by atoms with Gasteiger partial charge in [-0.1, -0.05) is 18.2 Å². The molecule has 112 valence electrons. The van der Waals surface area contributed by atoms with E-state index in [-0.39, 0.29) is 5.25 Å². The van der Waals surface area contributed by atoms with Crippen LogP contribution in [0.1, 0.15) is 29.5 Å². The van der Waals surface area contributed by atoms with E-state index in [9.17, 15) is 13.2 Å². The van der Waals surface area contributed by atoms with Gasteiger partial charge in [-0.25, -0.2) is 13.9 Å². The number of carbonyl (C=O) groups excluding carboxylic acids is 1. The fraction of sp³-hybridized carbons (Fsp3) is 0.357. The summed E-state index contributed by atoms with van der Waals surface area (Å²) in [6.45, 7) is 0.817. The highest BCUT2D eigenvalue weighted by Crippen LogP contribution is 2.35. The largest absolute Gasteiger partial charge is 0.288 e. The minimum absolute atomic E-state index is 0.195. The summed E-state index contributed by atoms with van der Waals surface area (Å²) in [5, 5.41) is 8.23. The fourth-order valence-corrected chi connectivity index (χ4v) is 4.24. The van der Waals surface area contributed by atoms with Gasteiger partial charge in [-0.05, 0) is 35.6 Å². The molecule has 1 saturated carbocycles. The lowest BCUT2D eigenvalue weighted by molar-refractivity contribution is -0.124. The molecule has 21 heavy (non-hydrogen) atoms. The molecule has 6 nitrogen and oxygen atoms in total. The van der Waals surface area contributed by atoms with Gasteiger partial charge < -0.3 is 0 Å². The highest BCUT2D eigenvalue weighted by molar-refractivity contribution is 7.90. The van der Waals surface area contributed by atoms with Crippen LogP contribution in [-0.2, 0) is 27.9 Å². The van der Waals surface area contributed by atoms with Crippen LogP contribution < -0.4 is 5.48 Å². The summed E-state index contributed by atoms with van der Waals surface area (Å²) in [6.07, 6.45) is 4.32. The van der Waals surface area contributed by atoms with Gasteiger partial charge >= 0.3 is 0 Å². The van der Waals surface area contributed by atoms with Crippen LogP contribution in [0.4, 0.5) is 0 Å². The number of nitrogens with one attached hydrogen (secondary N) is 1. The molecule has 1 amide bonds. The standard InChI is InChI=1S/C14H16N2O4S/c17-14(15-18)6-2-10-1-3-11-8-16(9-12(11)7-10)21(19,20)13-4-5-13/h1-3,6-7,13,18H,4-5,8-9H2,(H,15,17)/b6-2+. The van der Waals surface area contributed by atoms with E-state index in [1.807, 2.05) is 18.2 Å². The number of fused-ring (bicyclic) bond motifs is 1. The maximum Gasteiger partial charge on any atom is 0.267 e. The molecular formula is C14H16N2O4S. The highest BCUT2D eigenvalue weighted by Gasteiger charge is 2.41. The second-order valence-electron chi connectivity index (χ2n) is 5.35. The number of hydroxylamine groups is 1. The third-order valence-corrected chi connectivity index (χ3v) is 6.06. The average Bonchev–Trinajstić information content (AvgIpc) is 3.24. The van der Waals surface area contributed by atoms with E-state index in [4.69, 9.17) is 5.21 Å². The molecule has 7 heteroatoms. The SMILES string of the molecule is O=C(/C=C/c1ccc2c(c1)CN(S(=O)(=O)C1CC1)C2)NO. The predicted molar refractivity (Wildman–Crippen MR) is 76.6 cm³/mol. The van der Waals surface area contributed by atoms with Crippen molar-refractivity contribution < 1.29 is 18.4 Å². The van der Waals surface area contributed by atoms with Gasteiger partial charge in [0, 0.05) is 19.2 Å². The topological polar surface area (TPSA) is 86.7 Å². The molecular weight excluding hydrogens is 292 g/mol. The zero-order valence-electron chi connectivity index (χ0n) is 11.3. The van der Waals surface area contributed by atoms with E-state index in [1.165, 1.54) is 15.9 Å². The van der Waals surface area contributed by atoms with Crippen molar-refractivity contribution in [2.75, 3.05) is 0 Å². The van der Waals surface area contributed by atoms with Crippen molar-refractivity contribution in [3.05, 3.63) is 41.0 Å². The summed E-state index contributed by atoms with van der Waals surface area (Å²) in [5.74, 6) is -0.603. The van der Waals surface area contributed by atoms with Crippen LogP contribution in [-0.4, -0.2) is 29.1 Å². The van der Waals surface area contributed by atoms with Crippen molar-refractivity contribution in [3.63, 3.8) is 0 Å². The van der Waals surface area contributed by atoms with Crippen LogP contribution in [0.5, 0.6) is 0 Å². The third-order valence-electron chi connectivity index (χ3n) is 3.77. The van der Waals surface area contributed by atoms with E-state index in [0.29, 0.717) is 13.1 Å². The van der Waals surface area contributed by atoms with Crippen molar-refractivity contribution in [2.45, 2.75) is 31.2 Å². The Morgan fingerprint density at radius 2 is 2.00 bits per heavy atom. The lowest BCUT2D eigenvalue weighted by Gasteiger charge is -2.14. The monoisotopic (exact) mass is 308 g/mol. The first-order chi connectivity index (χ1) is 10.0. The van der Waals surface area contributed by atoms with Gasteiger partial charge in [0.05, 0.1) is 5.25 Å². The average molecular weight is 308 g/mol. The van der Waals surface area contributed by atoms with Crippen LogP contribution in [0.3, 0.4) is 0 Å². The normalized spacial score (nSPS) is 18.9. The van der Waals surface area contributed by atoms with E-state index in [0.717, 1.165) is 29.5 Å². The number of nitrogens with zero attached hydrogens (tertiary/aromatic N) is 1. The van der Waals surface area contributed by atoms with Crippen molar-refractivity contribution in [1.29, 1.82) is 0 Å². The van der Waals surface area contributed by atoms with E-state index >= 15 is 0 Å². The van der Waals surface area contributed by atoms with Crippen LogP contribution in [0.15, 0.2) is 24.3 Å². The Hall–Kier alpha value is -1.70. The second kappa shape index (κ2) is 5.25. The van der Waals surface area contributed by atoms with Gasteiger partial charge in [0.15, 0.2) is 0 Å². The number of carbonyl (C=O) groups is 1. The number of hydrogen-bond donors (Lipinski definition) is 2. The Morgan fingerprint density at radius 3 is 2.67 bits per heavy atom. The molecule has 0 spiro atoms. The highest BCUT2D eigenvalue weighted by atomic mass is 32.2. The Balaban J connectivity index is 1.78. The Morgan fingerprint density at radius 1 is 1.29 bits per heavy atom. The van der Waals surface area contributed by atoms with Crippen LogP contribution >= 0.6 is 0 Å². The minimum atomic E-state index is -3.16. The summed E-state index contributed by atoms with van der Waals surface area (Å²) in [7, 11) is -3.16. The third kappa shape index (κ3) is 2.85. The molecule has 1 aliphatic heterocycles. The molecule has 0 atom stereocenters. The van der Waals surface area contributed by atoms with Crippen molar-refractivity contribution >= 4 is 22.0 Å². The van der Waals surface area contributed by atoms with Gasteiger partial charge in [-0.2, -0.15) is 4.31 Å². The zero-order valence-corrected chi connectivity index (χ0v) is 12.1. The molecule has 0 bridgehead atoms. The molecule has 1 aromatic rings. The summed E-state index contributed by atoms with van der Waals surface area (Å²) in [5.41, 5.74) is 4.28. The lowest BCUT2D eigenvalue weighted by atomic mass is 10.1. The molecule has 2 N–H and O–H groups in total. The second-order valence-corrected chi connectivity index (χ2v) is 7.56. The molecule has 1 aromatic carbocycles. The van der Waals surface area contributed by atoms with Gasteiger partial charge in [-0.15, -0.1) is 0 Å². The van der Waals surface area contributed by atoms with Crippen molar-refractivity contribution in [1.82, 2.24) is 9.79 Å². The quantitative estimate of drug-likeness (QED) is 0.494. The number of sulfonamides is 1. The predicted octanol–water partition coefficient (Wildman–Crippen LogP) is 1.01. The molecule has 2 aliphatic rings. The van der Waals surface area contributed by atoms with Crippen LogP contribution in [0, 0.1) is 0 Å². The van der Waals surface area contributed by atoms with Gasteiger partial charge in [0.25, 0.3) is 5.91 Å². The summed E-state index contributed by atoms with van der Waals surface area (Å²) >= 11 is 0. The molecule has 3 rings (SSSR count). The van der Waals surface area contributed by atoms with Gasteiger partial charge in [0.1, 0.15) is 0 Å². The first-order valence-corrected chi connectivity index (χ1v) is 8.24. The number of hydrogen-bond acceptors (Lipinski definition) is 4. The van der Waals surface area contributed by atoms with E-state index in [2.05, 4.69) is 0 Å². The Bertz CT molecular complexity index is 708. The maximum atomic E-state index is 12.2. The Kier molecular flexibility index (Phi) is 3.56. The lowest BCUT2D eigenvalue weighted by Crippen LogP contribution is -2.28. The summed E-state index contributed by atoms with van der Waals surface area (Å²) in [4.78, 5) is 10.9. The fourth-order valence-electron chi connectivity index (χ4n) is 2.45. The first-order valence-electron chi connectivity index (χ1n) is 6.73.